The van der Waals surface area contributed by atoms with Crippen molar-refractivity contribution in [2.24, 2.45) is 0 Å². The van der Waals surface area contributed by atoms with Crippen molar-refractivity contribution in [1.29, 1.82) is 0 Å². The summed E-state index contributed by atoms with van der Waals surface area (Å²) in [6, 6.07) is 4.87. The molecule has 2 nitrogen and oxygen atoms in total. The van der Waals surface area contributed by atoms with Gasteiger partial charge in [0.15, 0.2) is 11.6 Å². The summed E-state index contributed by atoms with van der Waals surface area (Å²) in [4.78, 5) is 0. The van der Waals surface area contributed by atoms with Crippen LogP contribution in [0.2, 0.25) is 0 Å². The fraction of sp³-hybridized carbons (Fsp3) is 0.538. The normalized spacial score (nSPS) is 13.1. The van der Waals surface area contributed by atoms with Crippen LogP contribution in [0.15, 0.2) is 18.2 Å². The van der Waals surface area contributed by atoms with Crippen molar-refractivity contribution in [3.8, 4) is 0 Å². The Morgan fingerprint density at radius 2 is 1.82 bits per heavy atom. The molecule has 0 amide bonds. The molecule has 0 aromatic heterocycles. The van der Waals surface area contributed by atoms with Gasteiger partial charge in [0.05, 0.1) is 0 Å². The van der Waals surface area contributed by atoms with Crippen LogP contribution in [0.4, 0.5) is 8.78 Å². The quantitative estimate of drug-likeness (QED) is 0.800. The monoisotopic (exact) mass is 242 g/mol. The van der Waals surface area contributed by atoms with Crippen molar-refractivity contribution >= 4 is 0 Å². The summed E-state index contributed by atoms with van der Waals surface area (Å²) in [6.07, 6.45) is 0. The second-order valence-corrected chi connectivity index (χ2v) is 4.56. The number of benzene rings is 1. The van der Waals surface area contributed by atoms with Crippen molar-refractivity contribution in [2.45, 2.75) is 39.4 Å². The molecule has 0 radical (unpaired) electrons. The first-order valence-corrected chi connectivity index (χ1v) is 5.90. The number of halogens is 2. The highest BCUT2D eigenvalue weighted by molar-refractivity contribution is 5.18. The minimum absolute atomic E-state index is 0.208. The van der Waals surface area contributed by atoms with Gasteiger partial charge in [-0.05, 0) is 13.0 Å². The third-order valence-corrected chi connectivity index (χ3v) is 2.50. The van der Waals surface area contributed by atoms with Crippen molar-refractivity contribution < 1.29 is 8.78 Å². The molecule has 0 bridgehead atoms. The van der Waals surface area contributed by atoms with Crippen molar-refractivity contribution in [3.63, 3.8) is 0 Å². The van der Waals surface area contributed by atoms with Crippen LogP contribution in [0.25, 0.3) is 0 Å². The van der Waals surface area contributed by atoms with E-state index in [0.29, 0.717) is 18.2 Å². The van der Waals surface area contributed by atoms with Gasteiger partial charge < -0.3 is 10.6 Å². The lowest BCUT2D eigenvalue weighted by atomic mass is 10.2. The molecule has 0 aliphatic rings. The summed E-state index contributed by atoms with van der Waals surface area (Å²) >= 11 is 0. The summed E-state index contributed by atoms with van der Waals surface area (Å²) in [7, 11) is 0. The average Bonchev–Trinajstić information content (AvgIpc) is 2.28. The maximum Gasteiger partial charge on any atom is 0.163 e. The van der Waals surface area contributed by atoms with Crippen molar-refractivity contribution in [3.05, 3.63) is 35.4 Å². The third-order valence-electron chi connectivity index (χ3n) is 2.50. The fourth-order valence-corrected chi connectivity index (χ4v) is 1.45. The number of hydrogen-bond acceptors (Lipinski definition) is 2. The van der Waals surface area contributed by atoms with E-state index in [-0.39, 0.29) is 6.04 Å². The van der Waals surface area contributed by atoms with E-state index in [4.69, 9.17) is 0 Å². The van der Waals surface area contributed by atoms with Crippen LogP contribution in [0.5, 0.6) is 0 Å². The third kappa shape index (κ3) is 4.79. The summed E-state index contributed by atoms with van der Waals surface area (Å²) in [6.45, 7) is 7.28. The smallest absolute Gasteiger partial charge is 0.163 e. The molecular formula is C13H20F2N2. The Hall–Kier alpha value is -1.00. The number of rotatable bonds is 6. The van der Waals surface area contributed by atoms with E-state index in [2.05, 4.69) is 24.5 Å². The summed E-state index contributed by atoms with van der Waals surface area (Å²) in [5.41, 5.74) is 0.362. The van der Waals surface area contributed by atoms with Gasteiger partial charge in [-0.2, -0.15) is 0 Å². The molecule has 0 saturated carbocycles. The van der Waals surface area contributed by atoms with Gasteiger partial charge >= 0.3 is 0 Å². The topological polar surface area (TPSA) is 24.1 Å². The van der Waals surface area contributed by atoms with E-state index in [1.54, 1.807) is 6.07 Å². The molecule has 0 saturated heterocycles. The van der Waals surface area contributed by atoms with Crippen LogP contribution in [0.1, 0.15) is 26.3 Å². The first-order chi connectivity index (χ1) is 8.00. The molecular weight excluding hydrogens is 222 g/mol. The van der Waals surface area contributed by atoms with Gasteiger partial charge in [-0.25, -0.2) is 8.78 Å². The SMILES string of the molecule is CC(C)NCC(C)NCc1cccc(F)c1F. The Labute approximate surface area is 101 Å². The largest absolute Gasteiger partial charge is 0.313 e. The van der Waals surface area contributed by atoms with Gasteiger partial charge in [0, 0.05) is 30.7 Å². The Balaban J connectivity index is 2.42. The zero-order chi connectivity index (χ0) is 12.8. The fourth-order valence-electron chi connectivity index (χ4n) is 1.45. The van der Waals surface area contributed by atoms with Crippen LogP contribution in [-0.2, 0) is 6.54 Å². The highest BCUT2D eigenvalue weighted by Crippen LogP contribution is 2.10. The molecule has 0 aliphatic heterocycles. The van der Waals surface area contributed by atoms with Gasteiger partial charge in [0.2, 0.25) is 0 Å². The van der Waals surface area contributed by atoms with Gasteiger partial charge in [-0.1, -0.05) is 26.0 Å². The lowest BCUT2D eigenvalue weighted by Gasteiger charge is -2.16. The molecule has 1 unspecified atom stereocenters. The maximum absolute atomic E-state index is 13.3. The van der Waals surface area contributed by atoms with Crippen molar-refractivity contribution in [1.82, 2.24) is 10.6 Å². The minimum atomic E-state index is -0.794. The highest BCUT2D eigenvalue weighted by Gasteiger charge is 2.08. The van der Waals surface area contributed by atoms with Crippen LogP contribution >= 0.6 is 0 Å². The van der Waals surface area contributed by atoms with E-state index in [1.807, 2.05) is 6.92 Å². The first-order valence-electron chi connectivity index (χ1n) is 5.90. The molecule has 0 spiro atoms. The van der Waals surface area contributed by atoms with Gasteiger partial charge in [-0.15, -0.1) is 0 Å². The second-order valence-electron chi connectivity index (χ2n) is 4.56. The van der Waals surface area contributed by atoms with Crippen LogP contribution in [-0.4, -0.2) is 18.6 Å². The molecule has 1 aromatic carbocycles. The van der Waals surface area contributed by atoms with E-state index < -0.39 is 11.6 Å². The Morgan fingerprint density at radius 3 is 2.47 bits per heavy atom. The zero-order valence-electron chi connectivity index (χ0n) is 10.6. The van der Waals surface area contributed by atoms with E-state index in [0.717, 1.165) is 12.6 Å². The molecule has 0 aliphatic carbocycles. The lowest BCUT2D eigenvalue weighted by molar-refractivity contribution is 0.457. The minimum Gasteiger partial charge on any atom is -0.313 e. The van der Waals surface area contributed by atoms with Crippen molar-refractivity contribution in [2.75, 3.05) is 6.54 Å². The molecule has 1 rings (SSSR count). The van der Waals surface area contributed by atoms with Gasteiger partial charge in [-0.3, -0.25) is 0 Å². The van der Waals surface area contributed by atoms with Crippen LogP contribution in [0, 0.1) is 11.6 Å². The second kappa shape index (κ2) is 6.67. The molecule has 0 heterocycles. The zero-order valence-corrected chi connectivity index (χ0v) is 10.6. The predicted molar refractivity (Wildman–Crippen MR) is 65.8 cm³/mol. The lowest BCUT2D eigenvalue weighted by Crippen LogP contribution is -2.38. The van der Waals surface area contributed by atoms with Crippen LogP contribution in [0.3, 0.4) is 0 Å². The Kier molecular flexibility index (Phi) is 5.51. The number of nitrogens with one attached hydrogen (secondary N) is 2. The molecule has 17 heavy (non-hydrogen) atoms. The maximum atomic E-state index is 13.3. The van der Waals surface area contributed by atoms with Gasteiger partial charge in [0.1, 0.15) is 0 Å². The molecule has 2 N–H and O–H groups in total. The highest BCUT2D eigenvalue weighted by atomic mass is 19.2. The average molecular weight is 242 g/mol. The molecule has 4 heteroatoms. The van der Waals surface area contributed by atoms with E-state index in [9.17, 15) is 8.78 Å². The molecule has 96 valence electrons. The first kappa shape index (κ1) is 14.1. The Bertz CT molecular complexity index is 353. The van der Waals surface area contributed by atoms with E-state index >= 15 is 0 Å². The van der Waals surface area contributed by atoms with E-state index in [1.165, 1.54) is 6.07 Å². The predicted octanol–water partition coefficient (Wildman–Crippen LogP) is 2.44. The number of hydrogen-bond donors (Lipinski definition) is 2. The summed E-state index contributed by atoms with van der Waals surface area (Å²) in [5.74, 6) is -1.55. The van der Waals surface area contributed by atoms with Gasteiger partial charge in [0.25, 0.3) is 0 Å². The van der Waals surface area contributed by atoms with Crippen LogP contribution < -0.4 is 10.6 Å². The summed E-state index contributed by atoms with van der Waals surface area (Å²) in [5, 5.41) is 6.43. The Morgan fingerprint density at radius 1 is 1.12 bits per heavy atom. The molecule has 1 aromatic rings. The molecule has 0 fully saturated rings. The molecule has 1 atom stereocenters. The standard InChI is InChI=1S/C13H20F2N2/c1-9(2)16-7-10(3)17-8-11-5-4-6-12(14)13(11)15/h4-6,9-10,16-17H,7-8H2,1-3H3. The summed E-state index contributed by atoms with van der Waals surface area (Å²) < 4.78 is 26.3.